The highest BCUT2D eigenvalue weighted by Gasteiger charge is 2.20. The minimum atomic E-state index is -0.244. The van der Waals surface area contributed by atoms with Crippen LogP contribution in [0.4, 0.5) is 5.69 Å². The number of aromatic nitrogens is 3. The molecule has 0 unspecified atom stereocenters. The standard InChI is InChI=1S/C21H17ClN4O/c1-15-18(22)10-7-11-19(15)24-20(27)17-14-23-26(16-8-3-2-4-9-16)21(17)25-12-5-6-13-25/h2-14H,1H3,(H,24,27). The van der Waals surface area contributed by atoms with E-state index in [1.54, 1.807) is 16.9 Å². The van der Waals surface area contributed by atoms with Gasteiger partial charge in [0.05, 0.1) is 11.9 Å². The number of nitrogens with one attached hydrogen (secondary N) is 1. The minimum Gasteiger partial charge on any atom is -0.322 e. The number of benzene rings is 2. The number of anilines is 1. The normalized spacial score (nSPS) is 10.7. The number of para-hydroxylation sites is 1. The Labute approximate surface area is 161 Å². The van der Waals surface area contributed by atoms with Crippen molar-refractivity contribution in [2.24, 2.45) is 0 Å². The van der Waals surface area contributed by atoms with Crippen LogP contribution in [0.25, 0.3) is 11.5 Å². The van der Waals surface area contributed by atoms with Gasteiger partial charge in [-0.1, -0.05) is 35.9 Å². The zero-order chi connectivity index (χ0) is 18.8. The number of carbonyl (C=O) groups excluding carboxylic acids is 1. The molecule has 0 aliphatic carbocycles. The molecule has 0 spiro atoms. The number of nitrogens with zero attached hydrogens (tertiary/aromatic N) is 3. The van der Waals surface area contributed by atoms with Gasteiger partial charge in [0, 0.05) is 23.1 Å². The summed E-state index contributed by atoms with van der Waals surface area (Å²) in [6.07, 6.45) is 5.35. The quantitative estimate of drug-likeness (QED) is 0.552. The van der Waals surface area contributed by atoms with Crippen LogP contribution in [0.2, 0.25) is 5.02 Å². The molecule has 27 heavy (non-hydrogen) atoms. The fourth-order valence-electron chi connectivity index (χ4n) is 2.92. The van der Waals surface area contributed by atoms with Gasteiger partial charge in [-0.05, 0) is 48.9 Å². The molecule has 0 saturated carbocycles. The largest absolute Gasteiger partial charge is 0.322 e. The molecule has 1 N–H and O–H groups in total. The topological polar surface area (TPSA) is 51.9 Å². The summed E-state index contributed by atoms with van der Waals surface area (Å²) in [4.78, 5) is 13.0. The minimum absolute atomic E-state index is 0.244. The molecule has 2 aromatic carbocycles. The average molecular weight is 377 g/mol. The Hall–Kier alpha value is -3.31. The van der Waals surface area contributed by atoms with Crippen molar-refractivity contribution in [3.63, 3.8) is 0 Å². The summed E-state index contributed by atoms with van der Waals surface area (Å²) in [5.41, 5.74) is 2.84. The van der Waals surface area contributed by atoms with Crippen LogP contribution in [0.1, 0.15) is 15.9 Å². The Morgan fingerprint density at radius 2 is 1.74 bits per heavy atom. The lowest BCUT2D eigenvalue weighted by atomic mass is 10.2. The smallest absolute Gasteiger partial charge is 0.261 e. The third-order valence-electron chi connectivity index (χ3n) is 4.35. The first-order valence-electron chi connectivity index (χ1n) is 8.48. The molecule has 134 valence electrons. The fourth-order valence-corrected chi connectivity index (χ4v) is 3.09. The van der Waals surface area contributed by atoms with Crippen LogP contribution >= 0.6 is 11.6 Å². The highest BCUT2D eigenvalue weighted by Crippen LogP contribution is 2.25. The number of amides is 1. The van der Waals surface area contributed by atoms with E-state index in [1.807, 2.05) is 78.5 Å². The van der Waals surface area contributed by atoms with Crippen LogP contribution in [0, 0.1) is 6.92 Å². The first-order valence-corrected chi connectivity index (χ1v) is 8.86. The Morgan fingerprint density at radius 1 is 1.00 bits per heavy atom. The Bertz CT molecular complexity index is 1080. The molecule has 0 atom stereocenters. The summed E-state index contributed by atoms with van der Waals surface area (Å²) < 4.78 is 3.62. The van der Waals surface area contributed by atoms with E-state index in [9.17, 15) is 4.79 Å². The van der Waals surface area contributed by atoms with Crippen LogP contribution in [-0.2, 0) is 0 Å². The first-order chi connectivity index (χ1) is 13.1. The van der Waals surface area contributed by atoms with Crippen molar-refractivity contribution in [1.82, 2.24) is 14.3 Å². The molecular weight excluding hydrogens is 360 g/mol. The number of rotatable bonds is 4. The summed E-state index contributed by atoms with van der Waals surface area (Å²) in [7, 11) is 0. The van der Waals surface area contributed by atoms with E-state index >= 15 is 0 Å². The molecule has 6 heteroatoms. The van der Waals surface area contributed by atoms with E-state index < -0.39 is 0 Å². The van der Waals surface area contributed by atoms with E-state index in [2.05, 4.69) is 10.4 Å². The van der Waals surface area contributed by atoms with Crippen molar-refractivity contribution in [3.8, 4) is 11.5 Å². The van der Waals surface area contributed by atoms with Gasteiger partial charge < -0.3 is 9.88 Å². The summed E-state index contributed by atoms with van der Waals surface area (Å²) in [5.74, 6) is 0.426. The van der Waals surface area contributed by atoms with Gasteiger partial charge in [0.25, 0.3) is 5.91 Å². The molecule has 1 amide bonds. The second-order valence-corrected chi connectivity index (χ2v) is 6.49. The van der Waals surface area contributed by atoms with Crippen LogP contribution in [0.3, 0.4) is 0 Å². The lowest BCUT2D eigenvalue weighted by molar-refractivity contribution is 0.102. The van der Waals surface area contributed by atoms with E-state index in [1.165, 1.54) is 0 Å². The van der Waals surface area contributed by atoms with E-state index in [4.69, 9.17) is 11.6 Å². The predicted molar refractivity (Wildman–Crippen MR) is 107 cm³/mol. The van der Waals surface area contributed by atoms with Crippen LogP contribution in [0.15, 0.2) is 79.3 Å². The van der Waals surface area contributed by atoms with Crippen LogP contribution < -0.4 is 5.32 Å². The third-order valence-corrected chi connectivity index (χ3v) is 4.76. The highest BCUT2D eigenvalue weighted by atomic mass is 35.5. The van der Waals surface area contributed by atoms with Crippen molar-refractivity contribution in [1.29, 1.82) is 0 Å². The van der Waals surface area contributed by atoms with Crippen molar-refractivity contribution < 1.29 is 4.79 Å². The van der Waals surface area contributed by atoms with Crippen molar-refractivity contribution in [2.45, 2.75) is 6.92 Å². The lowest BCUT2D eigenvalue weighted by Gasteiger charge is -2.12. The maximum atomic E-state index is 13.0. The highest BCUT2D eigenvalue weighted by molar-refractivity contribution is 6.31. The van der Waals surface area contributed by atoms with Crippen molar-refractivity contribution in [2.75, 3.05) is 5.32 Å². The summed E-state index contributed by atoms with van der Waals surface area (Å²) in [5, 5.41) is 8.01. The van der Waals surface area contributed by atoms with Gasteiger partial charge in [0.1, 0.15) is 5.56 Å². The monoisotopic (exact) mass is 376 g/mol. The number of halogens is 1. The zero-order valence-corrected chi connectivity index (χ0v) is 15.4. The molecule has 5 nitrogen and oxygen atoms in total. The maximum absolute atomic E-state index is 13.0. The van der Waals surface area contributed by atoms with E-state index in [0.717, 1.165) is 11.3 Å². The molecule has 0 aliphatic rings. The maximum Gasteiger partial charge on any atom is 0.261 e. The van der Waals surface area contributed by atoms with Gasteiger partial charge in [0.2, 0.25) is 0 Å². The van der Waals surface area contributed by atoms with Gasteiger partial charge in [-0.3, -0.25) is 4.79 Å². The molecule has 0 radical (unpaired) electrons. The molecule has 4 rings (SSSR count). The molecule has 4 aromatic rings. The molecule has 0 saturated heterocycles. The van der Waals surface area contributed by atoms with Gasteiger partial charge >= 0.3 is 0 Å². The molecule has 2 aromatic heterocycles. The Kier molecular flexibility index (Phi) is 4.52. The molecule has 2 heterocycles. The number of hydrogen-bond donors (Lipinski definition) is 1. The number of carbonyl (C=O) groups is 1. The SMILES string of the molecule is Cc1c(Cl)cccc1NC(=O)c1cnn(-c2ccccc2)c1-n1cccc1. The second-order valence-electron chi connectivity index (χ2n) is 6.09. The lowest BCUT2D eigenvalue weighted by Crippen LogP contribution is -2.16. The molecular formula is C21H17ClN4O. The van der Waals surface area contributed by atoms with E-state index in [-0.39, 0.29) is 5.91 Å². The van der Waals surface area contributed by atoms with Crippen molar-refractivity contribution >= 4 is 23.2 Å². The molecule has 0 fully saturated rings. The Morgan fingerprint density at radius 3 is 2.48 bits per heavy atom. The van der Waals surface area contributed by atoms with Crippen molar-refractivity contribution in [3.05, 3.63) is 95.4 Å². The molecule has 0 bridgehead atoms. The van der Waals surface area contributed by atoms with Crippen LogP contribution in [0.5, 0.6) is 0 Å². The average Bonchev–Trinajstić information content (AvgIpc) is 3.35. The number of hydrogen-bond acceptors (Lipinski definition) is 2. The molecule has 0 aliphatic heterocycles. The van der Waals surface area contributed by atoms with Gasteiger partial charge in [-0.25, -0.2) is 4.68 Å². The predicted octanol–water partition coefficient (Wildman–Crippen LogP) is 4.88. The second kappa shape index (κ2) is 7.13. The van der Waals surface area contributed by atoms with Crippen LogP contribution in [-0.4, -0.2) is 20.3 Å². The first kappa shape index (κ1) is 17.1. The summed E-state index contributed by atoms with van der Waals surface area (Å²) in [6.45, 7) is 1.87. The third kappa shape index (κ3) is 3.25. The summed E-state index contributed by atoms with van der Waals surface area (Å²) >= 11 is 6.17. The van der Waals surface area contributed by atoms with Gasteiger partial charge in [-0.2, -0.15) is 5.10 Å². The summed E-state index contributed by atoms with van der Waals surface area (Å²) in [6, 6.07) is 19.0. The van der Waals surface area contributed by atoms with Gasteiger partial charge in [-0.15, -0.1) is 0 Å². The van der Waals surface area contributed by atoms with E-state index in [0.29, 0.717) is 22.1 Å². The Balaban J connectivity index is 1.78. The fraction of sp³-hybridized carbons (Fsp3) is 0.0476. The zero-order valence-electron chi connectivity index (χ0n) is 14.6. The van der Waals surface area contributed by atoms with Gasteiger partial charge in [0.15, 0.2) is 5.82 Å².